The van der Waals surface area contributed by atoms with E-state index in [4.69, 9.17) is 9.47 Å². The molecule has 7 nitrogen and oxygen atoms in total. The molecule has 1 atom stereocenters. The van der Waals surface area contributed by atoms with Crippen LogP contribution in [0.25, 0.3) is 0 Å². The van der Waals surface area contributed by atoms with E-state index in [2.05, 4.69) is 16.0 Å². The number of hydrogen-bond donors (Lipinski definition) is 4. The Labute approximate surface area is 143 Å². The van der Waals surface area contributed by atoms with Gasteiger partial charge in [0.25, 0.3) is 0 Å². The molecule has 0 fully saturated rings. The number of benzene rings is 1. The van der Waals surface area contributed by atoms with Crippen LogP contribution in [-0.2, 0) is 0 Å². The highest BCUT2D eigenvalue weighted by molar-refractivity contribution is 5.89. The highest BCUT2D eigenvalue weighted by atomic mass is 16.5. The third kappa shape index (κ3) is 7.52. The molecule has 0 radical (unpaired) electrons. The third-order valence-corrected chi connectivity index (χ3v) is 3.03. The molecular weight excluding hydrogens is 310 g/mol. The standard InChI is InChI=1S/C17H29N3O4/c1-5-18-17(22)20-13-7-8-15(16(9-13)23-6-2)24-11-14(21)10-19-12(3)4/h7-9,12,14,19,21H,5-6,10-11H2,1-4H3,(H2,18,20,22)/t14-/m1/s1. The summed E-state index contributed by atoms with van der Waals surface area (Å²) in [6.45, 7) is 9.38. The van der Waals surface area contributed by atoms with E-state index in [1.54, 1.807) is 18.2 Å². The second-order valence-corrected chi connectivity index (χ2v) is 5.61. The van der Waals surface area contributed by atoms with Crippen LogP contribution in [-0.4, -0.2) is 49.6 Å². The Morgan fingerprint density at radius 3 is 2.58 bits per heavy atom. The Kier molecular flexibility index (Phi) is 8.96. The fraction of sp³-hybridized carbons (Fsp3) is 0.588. The van der Waals surface area contributed by atoms with E-state index in [-0.39, 0.29) is 12.6 Å². The Morgan fingerprint density at radius 1 is 1.21 bits per heavy atom. The van der Waals surface area contributed by atoms with Crippen molar-refractivity contribution in [1.82, 2.24) is 10.6 Å². The van der Waals surface area contributed by atoms with E-state index in [1.165, 1.54) is 0 Å². The van der Waals surface area contributed by atoms with Crippen molar-refractivity contribution < 1.29 is 19.4 Å². The van der Waals surface area contributed by atoms with Crippen molar-refractivity contribution in [2.45, 2.75) is 39.8 Å². The number of aliphatic hydroxyl groups excluding tert-OH is 1. The van der Waals surface area contributed by atoms with E-state index in [9.17, 15) is 9.90 Å². The summed E-state index contributed by atoms with van der Waals surface area (Å²) < 4.78 is 11.2. The average Bonchev–Trinajstić information content (AvgIpc) is 2.52. The smallest absolute Gasteiger partial charge is 0.319 e. The number of hydrogen-bond acceptors (Lipinski definition) is 5. The van der Waals surface area contributed by atoms with Gasteiger partial charge in [-0.1, -0.05) is 13.8 Å². The van der Waals surface area contributed by atoms with Crippen LogP contribution in [0.1, 0.15) is 27.7 Å². The summed E-state index contributed by atoms with van der Waals surface area (Å²) in [5.41, 5.74) is 0.610. The monoisotopic (exact) mass is 339 g/mol. The molecule has 0 aliphatic heterocycles. The molecule has 0 spiro atoms. The van der Waals surface area contributed by atoms with Crippen LogP contribution in [0.4, 0.5) is 10.5 Å². The normalized spacial score (nSPS) is 11.9. The predicted molar refractivity (Wildman–Crippen MR) is 94.9 cm³/mol. The van der Waals surface area contributed by atoms with E-state index in [1.807, 2.05) is 27.7 Å². The van der Waals surface area contributed by atoms with Gasteiger partial charge >= 0.3 is 6.03 Å². The summed E-state index contributed by atoms with van der Waals surface area (Å²) >= 11 is 0. The van der Waals surface area contributed by atoms with E-state index < -0.39 is 6.10 Å². The largest absolute Gasteiger partial charge is 0.490 e. The molecule has 0 saturated heterocycles. The van der Waals surface area contributed by atoms with Gasteiger partial charge in [0.2, 0.25) is 0 Å². The Morgan fingerprint density at radius 2 is 1.96 bits per heavy atom. The van der Waals surface area contributed by atoms with Gasteiger partial charge in [0.15, 0.2) is 11.5 Å². The lowest BCUT2D eigenvalue weighted by atomic mass is 10.2. The maximum absolute atomic E-state index is 11.6. The van der Waals surface area contributed by atoms with Gasteiger partial charge in [-0.15, -0.1) is 0 Å². The molecule has 136 valence electrons. The minimum absolute atomic E-state index is 0.156. The fourth-order valence-corrected chi connectivity index (χ4v) is 1.93. The topological polar surface area (TPSA) is 91.9 Å². The van der Waals surface area contributed by atoms with Gasteiger partial charge in [-0.05, 0) is 26.0 Å². The van der Waals surface area contributed by atoms with Gasteiger partial charge in [-0.2, -0.15) is 0 Å². The second kappa shape index (κ2) is 10.7. The van der Waals surface area contributed by atoms with Crippen LogP contribution < -0.4 is 25.4 Å². The molecule has 4 N–H and O–H groups in total. The molecule has 0 aliphatic rings. The average molecular weight is 339 g/mol. The van der Waals surface area contributed by atoms with Gasteiger partial charge in [0.05, 0.1) is 6.61 Å². The molecule has 1 rings (SSSR count). The maximum atomic E-state index is 11.6. The number of nitrogens with one attached hydrogen (secondary N) is 3. The zero-order valence-electron chi connectivity index (χ0n) is 14.9. The molecule has 0 aliphatic carbocycles. The molecule has 1 aromatic carbocycles. The van der Waals surface area contributed by atoms with Crippen LogP contribution in [0.5, 0.6) is 11.5 Å². The first-order chi connectivity index (χ1) is 11.5. The quantitative estimate of drug-likeness (QED) is 0.523. The van der Waals surface area contributed by atoms with Crippen LogP contribution in [0.2, 0.25) is 0 Å². The van der Waals surface area contributed by atoms with Crippen LogP contribution in [0.15, 0.2) is 18.2 Å². The number of urea groups is 1. The number of carbonyl (C=O) groups is 1. The van der Waals surface area contributed by atoms with Crippen LogP contribution in [0, 0.1) is 0 Å². The van der Waals surface area contributed by atoms with Crippen LogP contribution >= 0.6 is 0 Å². The van der Waals surface area contributed by atoms with Gasteiger partial charge in [0.1, 0.15) is 12.7 Å². The lowest BCUT2D eigenvalue weighted by Gasteiger charge is -2.17. The molecule has 0 bridgehead atoms. The summed E-state index contributed by atoms with van der Waals surface area (Å²) in [6.07, 6.45) is -0.616. The highest BCUT2D eigenvalue weighted by Crippen LogP contribution is 2.30. The summed E-state index contributed by atoms with van der Waals surface area (Å²) in [5, 5.41) is 18.5. The molecule has 24 heavy (non-hydrogen) atoms. The van der Waals surface area contributed by atoms with Crippen molar-refractivity contribution in [3.05, 3.63) is 18.2 Å². The number of ether oxygens (including phenoxy) is 2. The molecule has 0 unspecified atom stereocenters. The highest BCUT2D eigenvalue weighted by Gasteiger charge is 2.11. The number of rotatable bonds is 10. The summed E-state index contributed by atoms with van der Waals surface area (Å²) in [4.78, 5) is 11.6. The van der Waals surface area contributed by atoms with E-state index in [0.29, 0.717) is 42.9 Å². The predicted octanol–water partition coefficient (Wildman–Crippen LogP) is 1.96. The minimum atomic E-state index is -0.616. The summed E-state index contributed by atoms with van der Waals surface area (Å²) in [6, 6.07) is 5.18. The molecule has 7 heteroatoms. The molecule has 2 amide bonds. The zero-order chi connectivity index (χ0) is 17.9. The van der Waals surface area contributed by atoms with Crippen molar-refractivity contribution in [3.63, 3.8) is 0 Å². The van der Waals surface area contributed by atoms with Gasteiger partial charge in [-0.3, -0.25) is 0 Å². The number of carbonyl (C=O) groups excluding carboxylic acids is 1. The second-order valence-electron chi connectivity index (χ2n) is 5.61. The lowest BCUT2D eigenvalue weighted by Crippen LogP contribution is -2.35. The molecule has 0 saturated carbocycles. The molecule has 0 heterocycles. The zero-order valence-corrected chi connectivity index (χ0v) is 14.9. The van der Waals surface area contributed by atoms with Gasteiger partial charge in [-0.25, -0.2) is 4.79 Å². The molecular formula is C17H29N3O4. The summed E-state index contributed by atoms with van der Waals surface area (Å²) in [5.74, 6) is 1.05. The number of anilines is 1. The first kappa shape index (κ1) is 20.1. The van der Waals surface area contributed by atoms with E-state index >= 15 is 0 Å². The van der Waals surface area contributed by atoms with Crippen molar-refractivity contribution in [2.75, 3.05) is 31.6 Å². The van der Waals surface area contributed by atoms with Crippen molar-refractivity contribution in [3.8, 4) is 11.5 Å². The van der Waals surface area contributed by atoms with E-state index in [0.717, 1.165) is 0 Å². The number of aliphatic hydroxyl groups is 1. The van der Waals surface area contributed by atoms with Gasteiger partial charge in [0, 0.05) is 30.9 Å². The maximum Gasteiger partial charge on any atom is 0.319 e. The van der Waals surface area contributed by atoms with Crippen molar-refractivity contribution in [2.24, 2.45) is 0 Å². The van der Waals surface area contributed by atoms with Crippen molar-refractivity contribution >= 4 is 11.7 Å². The van der Waals surface area contributed by atoms with Crippen LogP contribution in [0.3, 0.4) is 0 Å². The Balaban J connectivity index is 2.67. The molecule has 0 aromatic heterocycles. The fourth-order valence-electron chi connectivity index (χ4n) is 1.93. The first-order valence-corrected chi connectivity index (χ1v) is 8.32. The number of amides is 2. The third-order valence-electron chi connectivity index (χ3n) is 3.03. The minimum Gasteiger partial charge on any atom is -0.490 e. The van der Waals surface area contributed by atoms with Crippen molar-refractivity contribution in [1.29, 1.82) is 0 Å². The summed E-state index contributed by atoms with van der Waals surface area (Å²) in [7, 11) is 0. The lowest BCUT2D eigenvalue weighted by molar-refractivity contribution is 0.102. The molecule has 1 aromatic rings. The van der Waals surface area contributed by atoms with Gasteiger partial charge < -0.3 is 30.5 Å². The Hall–Kier alpha value is -1.99. The Bertz CT molecular complexity index is 509. The SMILES string of the molecule is CCNC(=O)Nc1ccc(OC[C@H](O)CNC(C)C)c(OCC)c1. The first-order valence-electron chi connectivity index (χ1n) is 8.32.